The minimum atomic E-state index is 0.182. The van der Waals surface area contributed by atoms with Crippen LogP contribution in [0.3, 0.4) is 0 Å². The molecule has 2 aliphatic rings. The molecule has 1 fully saturated rings. The minimum absolute atomic E-state index is 0.182. The second-order valence-corrected chi connectivity index (χ2v) is 8.83. The Balaban J connectivity index is 1.31. The van der Waals surface area contributed by atoms with Gasteiger partial charge in [-0.25, -0.2) is 0 Å². The molecule has 2 aromatic carbocycles. The summed E-state index contributed by atoms with van der Waals surface area (Å²) in [5, 5.41) is 9.47. The van der Waals surface area contributed by atoms with E-state index in [1.807, 2.05) is 17.0 Å². The third-order valence-corrected chi connectivity index (χ3v) is 7.29. The lowest BCUT2D eigenvalue weighted by Crippen LogP contribution is -2.37. The number of thiophene rings is 1. The number of nitrogens with zero attached hydrogens (tertiary/aromatic N) is 1. The van der Waals surface area contributed by atoms with E-state index < -0.39 is 0 Å². The summed E-state index contributed by atoms with van der Waals surface area (Å²) < 4.78 is 0. The van der Waals surface area contributed by atoms with Crippen LogP contribution in [0.15, 0.2) is 54.6 Å². The largest absolute Gasteiger partial charge is 0.508 e. The first kappa shape index (κ1) is 17.5. The second-order valence-electron chi connectivity index (χ2n) is 7.78. The Morgan fingerprint density at radius 3 is 2.46 bits per heavy atom. The molecule has 1 amide bonds. The molecule has 3 aromatic rings. The van der Waals surface area contributed by atoms with E-state index in [9.17, 15) is 9.90 Å². The van der Waals surface area contributed by atoms with Gasteiger partial charge in [0.25, 0.3) is 5.91 Å². The van der Waals surface area contributed by atoms with Crippen LogP contribution in [-0.4, -0.2) is 29.0 Å². The first-order valence-electron chi connectivity index (χ1n) is 9.98. The van der Waals surface area contributed by atoms with Crippen molar-refractivity contribution in [3.8, 4) is 16.2 Å². The molecule has 1 aromatic heterocycles. The van der Waals surface area contributed by atoms with Gasteiger partial charge in [-0.1, -0.05) is 36.4 Å². The molecule has 28 heavy (non-hydrogen) atoms. The Morgan fingerprint density at radius 1 is 0.964 bits per heavy atom. The van der Waals surface area contributed by atoms with Gasteiger partial charge in [0.2, 0.25) is 0 Å². The fourth-order valence-electron chi connectivity index (χ4n) is 4.50. The molecule has 0 unspecified atom stereocenters. The molecule has 1 N–H and O–H groups in total. The summed E-state index contributed by atoms with van der Waals surface area (Å²) in [6.45, 7) is 1.59. The molecule has 1 aliphatic carbocycles. The van der Waals surface area contributed by atoms with E-state index in [0.717, 1.165) is 43.6 Å². The molecule has 0 atom stereocenters. The number of rotatable bonds is 2. The SMILES string of the molecule is O=C(c1cc2c(s1)-c1ccccc1CC2)N1CCC(c2ccc(O)cc2)CC1. The van der Waals surface area contributed by atoms with E-state index in [1.54, 1.807) is 23.5 Å². The van der Waals surface area contributed by atoms with Crippen molar-refractivity contribution < 1.29 is 9.90 Å². The quantitative estimate of drug-likeness (QED) is 0.651. The summed E-state index contributed by atoms with van der Waals surface area (Å²) in [5.74, 6) is 0.953. The number of fused-ring (bicyclic) bond motifs is 3. The van der Waals surface area contributed by atoms with E-state index in [4.69, 9.17) is 0 Å². The molecule has 0 spiro atoms. The van der Waals surface area contributed by atoms with Crippen LogP contribution in [0.2, 0.25) is 0 Å². The first-order valence-corrected chi connectivity index (χ1v) is 10.8. The summed E-state index contributed by atoms with van der Waals surface area (Å²) in [6, 6.07) is 18.2. The van der Waals surface area contributed by atoms with Crippen LogP contribution in [0.25, 0.3) is 10.4 Å². The second kappa shape index (κ2) is 7.10. The van der Waals surface area contributed by atoms with Gasteiger partial charge in [-0.2, -0.15) is 0 Å². The van der Waals surface area contributed by atoms with Crippen LogP contribution in [-0.2, 0) is 12.8 Å². The fraction of sp³-hybridized carbons (Fsp3) is 0.292. The Kier molecular flexibility index (Phi) is 4.44. The maximum atomic E-state index is 13.1. The Bertz CT molecular complexity index is 1010. The average molecular weight is 390 g/mol. The number of piperidine rings is 1. The number of carbonyl (C=O) groups is 1. The molecule has 1 saturated heterocycles. The van der Waals surface area contributed by atoms with Gasteiger partial charge in [-0.05, 0) is 72.1 Å². The normalized spacial score (nSPS) is 16.5. The Labute approximate surface area is 169 Å². The molecule has 0 saturated carbocycles. The predicted molar refractivity (Wildman–Crippen MR) is 113 cm³/mol. The number of benzene rings is 2. The Hall–Kier alpha value is -2.59. The van der Waals surface area contributed by atoms with Gasteiger partial charge in [0.15, 0.2) is 0 Å². The maximum absolute atomic E-state index is 13.1. The summed E-state index contributed by atoms with van der Waals surface area (Å²) in [6.07, 6.45) is 4.04. The highest BCUT2D eigenvalue weighted by molar-refractivity contribution is 7.17. The van der Waals surface area contributed by atoms with Crippen molar-refractivity contribution >= 4 is 17.2 Å². The van der Waals surface area contributed by atoms with Crippen molar-refractivity contribution in [2.75, 3.05) is 13.1 Å². The molecule has 4 heteroatoms. The van der Waals surface area contributed by atoms with Crippen LogP contribution in [0.5, 0.6) is 5.75 Å². The molecule has 0 bridgehead atoms. The monoisotopic (exact) mass is 389 g/mol. The smallest absolute Gasteiger partial charge is 0.263 e. The summed E-state index contributed by atoms with van der Waals surface area (Å²) in [4.78, 5) is 17.3. The van der Waals surface area contributed by atoms with Gasteiger partial charge in [0.1, 0.15) is 5.75 Å². The summed E-state index contributed by atoms with van der Waals surface area (Å²) in [7, 11) is 0. The molecule has 0 radical (unpaired) electrons. The third-order valence-electron chi connectivity index (χ3n) is 6.09. The number of phenolic OH excluding ortho intramolecular Hbond substituents is 1. The number of likely N-dealkylation sites (tertiary alicyclic amines) is 1. The van der Waals surface area contributed by atoms with Gasteiger partial charge in [0.05, 0.1) is 4.88 Å². The van der Waals surface area contributed by atoms with Gasteiger partial charge < -0.3 is 10.0 Å². The van der Waals surface area contributed by atoms with E-state index in [-0.39, 0.29) is 5.91 Å². The lowest BCUT2D eigenvalue weighted by molar-refractivity contribution is 0.0718. The zero-order valence-corrected chi connectivity index (χ0v) is 16.5. The third kappa shape index (κ3) is 3.12. The van der Waals surface area contributed by atoms with E-state index in [1.165, 1.54) is 27.1 Å². The number of phenols is 1. The lowest BCUT2D eigenvalue weighted by Gasteiger charge is -2.32. The highest BCUT2D eigenvalue weighted by atomic mass is 32.1. The van der Waals surface area contributed by atoms with E-state index >= 15 is 0 Å². The standard InChI is InChI=1S/C24H23NO2S/c26-20-9-7-16(8-10-20)17-11-13-25(14-12-17)24(27)22-15-19-6-5-18-3-1-2-4-21(18)23(19)28-22/h1-4,7-10,15,17,26H,5-6,11-14H2. The van der Waals surface area contributed by atoms with Crippen molar-refractivity contribution in [2.45, 2.75) is 31.6 Å². The number of aromatic hydroxyl groups is 1. The molecular formula is C24H23NO2S. The number of amides is 1. The molecule has 1 aliphatic heterocycles. The van der Waals surface area contributed by atoms with Crippen molar-refractivity contribution in [2.24, 2.45) is 0 Å². The van der Waals surface area contributed by atoms with Crippen molar-refractivity contribution in [1.29, 1.82) is 0 Å². The summed E-state index contributed by atoms with van der Waals surface area (Å²) >= 11 is 1.66. The molecular weight excluding hydrogens is 366 g/mol. The average Bonchev–Trinajstić information content (AvgIpc) is 3.19. The number of hydrogen-bond acceptors (Lipinski definition) is 3. The highest BCUT2D eigenvalue weighted by Crippen LogP contribution is 2.40. The van der Waals surface area contributed by atoms with Crippen molar-refractivity contribution in [3.05, 3.63) is 76.2 Å². The summed E-state index contributed by atoms with van der Waals surface area (Å²) in [5.41, 5.74) is 5.28. The molecule has 5 rings (SSSR count). The van der Waals surface area contributed by atoms with Crippen LogP contribution in [0, 0.1) is 0 Å². The highest BCUT2D eigenvalue weighted by Gasteiger charge is 2.27. The molecule has 142 valence electrons. The van der Waals surface area contributed by atoms with Crippen molar-refractivity contribution in [1.82, 2.24) is 4.90 Å². The van der Waals surface area contributed by atoms with Crippen LogP contribution in [0.4, 0.5) is 0 Å². The topological polar surface area (TPSA) is 40.5 Å². The predicted octanol–water partition coefficient (Wildman–Crippen LogP) is 5.24. The van der Waals surface area contributed by atoms with Crippen LogP contribution in [0.1, 0.15) is 45.1 Å². The van der Waals surface area contributed by atoms with E-state index in [0.29, 0.717) is 11.7 Å². The number of aryl methyl sites for hydroxylation is 2. The van der Waals surface area contributed by atoms with Gasteiger partial charge in [-0.15, -0.1) is 11.3 Å². The minimum Gasteiger partial charge on any atom is -0.508 e. The lowest BCUT2D eigenvalue weighted by atomic mass is 9.89. The van der Waals surface area contributed by atoms with Crippen LogP contribution < -0.4 is 0 Å². The zero-order chi connectivity index (χ0) is 19.1. The van der Waals surface area contributed by atoms with Gasteiger partial charge in [0, 0.05) is 18.0 Å². The van der Waals surface area contributed by atoms with Crippen molar-refractivity contribution in [3.63, 3.8) is 0 Å². The number of hydrogen-bond donors (Lipinski definition) is 1. The van der Waals surface area contributed by atoms with Gasteiger partial charge >= 0.3 is 0 Å². The first-order chi connectivity index (χ1) is 13.7. The zero-order valence-electron chi connectivity index (χ0n) is 15.7. The fourth-order valence-corrected chi connectivity index (χ4v) is 5.73. The molecule has 3 nitrogen and oxygen atoms in total. The van der Waals surface area contributed by atoms with E-state index in [2.05, 4.69) is 30.3 Å². The Morgan fingerprint density at radius 2 is 1.68 bits per heavy atom. The molecule has 2 heterocycles. The maximum Gasteiger partial charge on any atom is 0.263 e. The van der Waals surface area contributed by atoms with Crippen LogP contribution >= 0.6 is 11.3 Å². The van der Waals surface area contributed by atoms with Gasteiger partial charge in [-0.3, -0.25) is 4.79 Å². The number of carbonyl (C=O) groups excluding carboxylic acids is 1.